The van der Waals surface area contributed by atoms with E-state index < -0.39 is 10.0 Å². The van der Waals surface area contributed by atoms with Crippen LogP contribution in [0.25, 0.3) is 11.0 Å². The molecule has 0 bridgehead atoms. The second-order valence-electron chi connectivity index (χ2n) is 7.55. The van der Waals surface area contributed by atoms with Gasteiger partial charge in [-0.3, -0.25) is 4.79 Å². The van der Waals surface area contributed by atoms with Crippen LogP contribution in [-0.4, -0.2) is 54.2 Å². The van der Waals surface area contributed by atoms with Crippen molar-refractivity contribution in [1.29, 1.82) is 0 Å². The van der Waals surface area contributed by atoms with Gasteiger partial charge in [0.1, 0.15) is 5.82 Å². The van der Waals surface area contributed by atoms with Crippen LogP contribution in [0, 0.1) is 0 Å². The molecule has 2 aromatic carbocycles. The van der Waals surface area contributed by atoms with Crippen LogP contribution in [0.2, 0.25) is 5.02 Å². The lowest BCUT2D eigenvalue weighted by Crippen LogP contribution is -2.26. The number of hydrogen-bond acceptors (Lipinski definition) is 4. The molecular weight excluding hydrogens is 436 g/mol. The Morgan fingerprint density at radius 1 is 1.13 bits per heavy atom. The largest absolute Gasteiger partial charge is 0.341 e. The fourth-order valence-electron chi connectivity index (χ4n) is 3.45. The van der Waals surface area contributed by atoms with Gasteiger partial charge in [-0.15, -0.1) is 0 Å². The number of carbonyl (C=O) groups is 1. The molecule has 0 fully saturated rings. The highest BCUT2D eigenvalue weighted by atomic mass is 35.5. The number of aromatic nitrogens is 2. The van der Waals surface area contributed by atoms with Crippen LogP contribution in [0.5, 0.6) is 0 Å². The normalized spacial score (nSPS) is 11.9. The predicted octanol–water partition coefficient (Wildman–Crippen LogP) is 3.55. The third-order valence-electron chi connectivity index (χ3n) is 5.25. The number of nitrogens with zero attached hydrogens (tertiary/aromatic N) is 4. The summed E-state index contributed by atoms with van der Waals surface area (Å²) in [6.45, 7) is 3.12. The molecule has 3 aromatic rings. The first-order valence-corrected chi connectivity index (χ1v) is 11.9. The van der Waals surface area contributed by atoms with E-state index in [-0.39, 0.29) is 10.8 Å². The summed E-state index contributed by atoms with van der Waals surface area (Å²) in [6.07, 6.45) is 0.761. The molecule has 0 radical (unpaired) electrons. The number of hydrogen-bond donors (Lipinski definition) is 0. The number of imidazole rings is 1. The Labute approximate surface area is 188 Å². The molecule has 3 rings (SSSR count). The van der Waals surface area contributed by atoms with Gasteiger partial charge < -0.3 is 9.47 Å². The van der Waals surface area contributed by atoms with Crippen molar-refractivity contribution < 1.29 is 13.2 Å². The van der Waals surface area contributed by atoms with Gasteiger partial charge in [-0.1, -0.05) is 29.8 Å². The minimum atomic E-state index is -3.54. The molecule has 1 heterocycles. The quantitative estimate of drug-likeness (QED) is 0.513. The van der Waals surface area contributed by atoms with Crippen LogP contribution in [0.1, 0.15) is 24.7 Å². The van der Waals surface area contributed by atoms with Crippen molar-refractivity contribution in [3.63, 3.8) is 0 Å². The Kier molecular flexibility index (Phi) is 7.03. The predicted molar refractivity (Wildman–Crippen MR) is 123 cm³/mol. The lowest BCUT2D eigenvalue weighted by atomic mass is 10.2. The molecule has 0 saturated carbocycles. The van der Waals surface area contributed by atoms with Gasteiger partial charge in [-0.25, -0.2) is 17.7 Å². The van der Waals surface area contributed by atoms with E-state index >= 15 is 0 Å². The lowest BCUT2D eigenvalue weighted by Gasteiger charge is -2.18. The molecule has 166 valence electrons. The van der Waals surface area contributed by atoms with E-state index in [0.29, 0.717) is 36.5 Å². The fourth-order valence-corrected chi connectivity index (χ4v) is 4.57. The highest BCUT2D eigenvalue weighted by Gasteiger charge is 2.20. The average Bonchev–Trinajstić information content (AvgIpc) is 3.10. The van der Waals surface area contributed by atoms with Crippen molar-refractivity contribution in [2.45, 2.75) is 37.8 Å². The van der Waals surface area contributed by atoms with Gasteiger partial charge in [-0.05, 0) is 36.8 Å². The monoisotopic (exact) mass is 462 g/mol. The smallest absolute Gasteiger partial charge is 0.242 e. The van der Waals surface area contributed by atoms with Crippen molar-refractivity contribution in [3.8, 4) is 0 Å². The van der Waals surface area contributed by atoms with Crippen molar-refractivity contribution in [2.75, 3.05) is 21.1 Å². The molecule has 1 aromatic heterocycles. The highest BCUT2D eigenvalue weighted by molar-refractivity contribution is 7.89. The van der Waals surface area contributed by atoms with E-state index in [4.69, 9.17) is 11.6 Å². The number of benzene rings is 2. The van der Waals surface area contributed by atoms with Crippen molar-refractivity contribution >= 4 is 38.6 Å². The first kappa shape index (κ1) is 23.2. The summed E-state index contributed by atoms with van der Waals surface area (Å²) in [7, 11) is 1.22. The summed E-state index contributed by atoms with van der Waals surface area (Å²) in [5, 5.41) is 0.637. The third kappa shape index (κ3) is 4.92. The van der Waals surface area contributed by atoms with Crippen molar-refractivity contribution in [2.24, 2.45) is 0 Å². The van der Waals surface area contributed by atoms with Gasteiger partial charge in [0.15, 0.2) is 0 Å². The Morgan fingerprint density at radius 3 is 2.48 bits per heavy atom. The summed E-state index contributed by atoms with van der Waals surface area (Å²) in [4.78, 5) is 19.2. The van der Waals surface area contributed by atoms with Crippen LogP contribution >= 0.6 is 11.6 Å². The Morgan fingerprint density at radius 2 is 1.84 bits per heavy atom. The van der Waals surface area contributed by atoms with Crippen molar-refractivity contribution in [3.05, 3.63) is 58.9 Å². The van der Waals surface area contributed by atoms with Gasteiger partial charge in [0.2, 0.25) is 15.9 Å². The summed E-state index contributed by atoms with van der Waals surface area (Å²) in [6, 6.07) is 12.4. The minimum absolute atomic E-state index is 0.00879. The molecule has 0 saturated heterocycles. The molecule has 0 aliphatic rings. The van der Waals surface area contributed by atoms with Gasteiger partial charge in [-0.2, -0.15) is 0 Å². The number of carbonyl (C=O) groups excluding carboxylic acids is 1. The molecule has 0 spiro atoms. The molecule has 1 amide bonds. The fraction of sp³-hybridized carbons (Fsp3) is 0.364. The first-order valence-electron chi connectivity index (χ1n) is 10.0. The summed E-state index contributed by atoms with van der Waals surface area (Å²) < 4.78 is 28.1. The topological polar surface area (TPSA) is 75.5 Å². The Hall–Kier alpha value is -2.42. The van der Waals surface area contributed by atoms with Gasteiger partial charge >= 0.3 is 0 Å². The summed E-state index contributed by atoms with van der Waals surface area (Å²) in [5.74, 6) is 0.752. The summed E-state index contributed by atoms with van der Waals surface area (Å²) >= 11 is 6.20. The third-order valence-corrected chi connectivity index (χ3v) is 7.43. The molecule has 0 unspecified atom stereocenters. The zero-order valence-corrected chi connectivity index (χ0v) is 19.7. The van der Waals surface area contributed by atoms with Crippen LogP contribution < -0.4 is 0 Å². The van der Waals surface area contributed by atoms with Crippen LogP contribution in [-0.2, 0) is 34.3 Å². The van der Waals surface area contributed by atoms with E-state index in [1.165, 1.54) is 18.4 Å². The maximum Gasteiger partial charge on any atom is 0.242 e. The van der Waals surface area contributed by atoms with Gasteiger partial charge in [0.05, 0.1) is 15.9 Å². The molecule has 7 nitrogen and oxygen atoms in total. The second-order valence-corrected chi connectivity index (χ2v) is 10.1. The van der Waals surface area contributed by atoms with E-state index in [0.717, 1.165) is 16.9 Å². The molecular formula is C22H27ClN4O3S. The number of aryl methyl sites for hydroxylation is 2. The maximum absolute atomic E-state index is 12.7. The zero-order valence-electron chi connectivity index (χ0n) is 18.2. The van der Waals surface area contributed by atoms with E-state index in [1.54, 1.807) is 30.1 Å². The number of rotatable bonds is 8. The SMILES string of the molecule is CCn1c(CCC(=O)N(C)Cc2ccccc2Cl)nc2cc(S(=O)(=O)N(C)C)ccc21. The zero-order chi connectivity index (χ0) is 22.8. The number of amides is 1. The second kappa shape index (κ2) is 9.38. The molecule has 0 N–H and O–H groups in total. The molecule has 0 atom stereocenters. The molecule has 0 aliphatic carbocycles. The van der Waals surface area contributed by atoms with Crippen LogP contribution in [0.3, 0.4) is 0 Å². The number of halogens is 1. The lowest BCUT2D eigenvalue weighted by molar-refractivity contribution is -0.130. The first-order chi connectivity index (χ1) is 14.6. The number of fused-ring (bicyclic) bond motifs is 1. The highest BCUT2D eigenvalue weighted by Crippen LogP contribution is 2.23. The molecule has 9 heteroatoms. The Bertz CT molecular complexity index is 1200. The Balaban J connectivity index is 1.78. The van der Waals surface area contributed by atoms with Crippen molar-refractivity contribution in [1.82, 2.24) is 18.8 Å². The molecule has 0 aliphatic heterocycles. The molecule has 31 heavy (non-hydrogen) atoms. The summed E-state index contributed by atoms with van der Waals surface area (Å²) in [5.41, 5.74) is 2.36. The maximum atomic E-state index is 12.7. The standard InChI is InChI=1S/C22H27ClN4O3S/c1-5-27-20-11-10-17(31(29,30)25(2)3)14-19(20)24-21(27)12-13-22(28)26(4)15-16-8-6-7-9-18(16)23/h6-11,14H,5,12-13,15H2,1-4H3. The van der Waals surface area contributed by atoms with Crippen LogP contribution in [0.15, 0.2) is 47.4 Å². The minimum Gasteiger partial charge on any atom is -0.341 e. The van der Waals surface area contributed by atoms with E-state index in [9.17, 15) is 13.2 Å². The number of sulfonamides is 1. The average molecular weight is 463 g/mol. The van der Waals surface area contributed by atoms with Gasteiger partial charge in [0.25, 0.3) is 0 Å². The van der Waals surface area contributed by atoms with E-state index in [2.05, 4.69) is 4.98 Å². The van der Waals surface area contributed by atoms with Gasteiger partial charge in [0, 0.05) is 52.1 Å². The van der Waals surface area contributed by atoms with E-state index in [1.807, 2.05) is 35.8 Å². The van der Waals surface area contributed by atoms with Crippen LogP contribution in [0.4, 0.5) is 0 Å².